The van der Waals surface area contributed by atoms with Crippen LogP contribution in [0, 0.1) is 0 Å². The number of hydrogen-bond acceptors (Lipinski definition) is 5. The molecule has 2 rings (SSSR count). The van der Waals surface area contributed by atoms with Crippen LogP contribution in [0.25, 0.3) is 0 Å². The Morgan fingerprint density at radius 3 is 2.17 bits per heavy atom. The molecule has 3 amide bonds. The summed E-state index contributed by atoms with van der Waals surface area (Å²) in [5, 5.41) is 5.90. The maximum absolute atomic E-state index is 14.4. The second-order valence-corrected chi connectivity index (χ2v) is 12.6. The number of amides is 3. The Morgan fingerprint density at radius 2 is 1.57 bits per heavy atom. The molecule has 0 fully saturated rings. The molecule has 2 atom stereocenters. The Balaban J connectivity index is 2.46. The first-order valence-electron chi connectivity index (χ1n) is 15.3. The molecule has 0 aliphatic rings. The molecule has 2 aromatic carbocycles. The molecule has 7 nitrogen and oxygen atoms in total. The molecule has 2 aromatic rings. The number of carbonyl (C=O) groups excluding carboxylic acids is 3. The summed E-state index contributed by atoms with van der Waals surface area (Å²) in [4.78, 5) is 42.8. The van der Waals surface area contributed by atoms with Crippen molar-refractivity contribution in [2.75, 3.05) is 18.6 Å². The molecule has 0 aromatic heterocycles. The Morgan fingerprint density at radius 1 is 0.905 bits per heavy atom. The van der Waals surface area contributed by atoms with E-state index < -0.39 is 23.8 Å². The average molecular weight is 598 g/mol. The summed E-state index contributed by atoms with van der Waals surface area (Å²) in [6.45, 7) is 10.4. The molecule has 0 spiro atoms. The highest BCUT2D eigenvalue weighted by molar-refractivity contribution is 7.98. The lowest BCUT2D eigenvalue weighted by Gasteiger charge is -2.34. The van der Waals surface area contributed by atoms with Gasteiger partial charge in [-0.05, 0) is 68.7 Å². The standard InChI is InChI=1S/C34H51N3O4S/c1-7-9-10-11-15-23-37(32(39)29(22-24-42-6)36-33(40)41-34(3,4)5)30(28-20-18-26(8-2)19-21-28)31(38)35-25-27-16-13-12-14-17-27/h12-14,16-21,29-30H,7-11,15,22-25H2,1-6H3,(H,35,38)(H,36,40). The topological polar surface area (TPSA) is 87.7 Å². The number of benzene rings is 2. The van der Waals surface area contributed by atoms with Gasteiger partial charge < -0.3 is 20.3 Å². The third-order valence-corrected chi connectivity index (χ3v) is 7.60. The third-order valence-electron chi connectivity index (χ3n) is 6.96. The van der Waals surface area contributed by atoms with Crippen LogP contribution in [-0.4, -0.2) is 53.0 Å². The van der Waals surface area contributed by atoms with Crippen LogP contribution in [0.4, 0.5) is 4.79 Å². The molecule has 0 aliphatic carbocycles. The van der Waals surface area contributed by atoms with Crippen LogP contribution < -0.4 is 10.6 Å². The number of ether oxygens (including phenoxy) is 1. The van der Waals surface area contributed by atoms with E-state index in [1.807, 2.05) is 60.9 Å². The molecule has 2 unspecified atom stereocenters. The van der Waals surface area contributed by atoms with Gasteiger partial charge >= 0.3 is 6.09 Å². The number of rotatable bonds is 17. The highest BCUT2D eigenvalue weighted by Gasteiger charge is 2.36. The normalized spacial score (nSPS) is 12.7. The summed E-state index contributed by atoms with van der Waals surface area (Å²) in [7, 11) is 0. The lowest BCUT2D eigenvalue weighted by molar-refractivity contribution is -0.142. The number of thioether (sulfide) groups is 1. The van der Waals surface area contributed by atoms with E-state index in [1.54, 1.807) is 37.4 Å². The predicted octanol–water partition coefficient (Wildman–Crippen LogP) is 7.05. The number of hydrogen-bond donors (Lipinski definition) is 2. The molecular weight excluding hydrogens is 546 g/mol. The zero-order valence-electron chi connectivity index (χ0n) is 26.4. The molecule has 8 heteroatoms. The van der Waals surface area contributed by atoms with E-state index >= 15 is 0 Å². The van der Waals surface area contributed by atoms with E-state index in [1.165, 1.54) is 0 Å². The maximum Gasteiger partial charge on any atom is 0.408 e. The van der Waals surface area contributed by atoms with E-state index in [4.69, 9.17) is 4.74 Å². The van der Waals surface area contributed by atoms with Crippen molar-refractivity contribution < 1.29 is 19.1 Å². The summed E-state index contributed by atoms with van der Waals surface area (Å²) in [6, 6.07) is 16.0. The van der Waals surface area contributed by atoms with Crippen LogP contribution in [0.1, 0.15) is 95.9 Å². The zero-order valence-corrected chi connectivity index (χ0v) is 27.2. The number of alkyl carbamates (subject to hydrolysis) is 1. The van der Waals surface area contributed by atoms with Gasteiger partial charge in [-0.3, -0.25) is 9.59 Å². The SMILES string of the molecule is CCCCCCCN(C(=O)C(CCSC)NC(=O)OC(C)(C)C)C(C(=O)NCc1ccccc1)c1ccc(CC)cc1. The van der Waals surface area contributed by atoms with Crippen molar-refractivity contribution in [3.05, 3.63) is 71.3 Å². The summed E-state index contributed by atoms with van der Waals surface area (Å²) >= 11 is 1.61. The second kappa shape index (κ2) is 18.5. The minimum atomic E-state index is -0.837. The van der Waals surface area contributed by atoms with Crippen LogP contribution in [0.2, 0.25) is 0 Å². The number of nitrogens with one attached hydrogen (secondary N) is 2. The van der Waals surface area contributed by atoms with Gasteiger partial charge in [-0.25, -0.2) is 4.79 Å². The molecule has 232 valence electrons. The van der Waals surface area contributed by atoms with Crippen molar-refractivity contribution in [2.45, 2.75) is 104 Å². The molecule has 0 aliphatic heterocycles. The van der Waals surface area contributed by atoms with E-state index in [0.29, 0.717) is 25.3 Å². The van der Waals surface area contributed by atoms with Gasteiger partial charge in [0.05, 0.1) is 0 Å². The lowest BCUT2D eigenvalue weighted by Crippen LogP contribution is -2.53. The summed E-state index contributed by atoms with van der Waals surface area (Å²) in [5.74, 6) is 0.155. The Hall–Kier alpha value is -3.00. The number of carbonyl (C=O) groups is 3. The fourth-order valence-electron chi connectivity index (χ4n) is 4.69. The van der Waals surface area contributed by atoms with E-state index in [0.717, 1.165) is 55.2 Å². The van der Waals surface area contributed by atoms with Crippen molar-refractivity contribution in [3.8, 4) is 0 Å². The van der Waals surface area contributed by atoms with Crippen LogP contribution >= 0.6 is 11.8 Å². The van der Waals surface area contributed by atoms with Crippen molar-refractivity contribution >= 4 is 29.7 Å². The molecule has 0 heterocycles. The number of nitrogens with zero attached hydrogens (tertiary/aromatic N) is 1. The first-order valence-corrected chi connectivity index (χ1v) is 16.7. The van der Waals surface area contributed by atoms with Gasteiger partial charge in [-0.15, -0.1) is 0 Å². The first-order chi connectivity index (χ1) is 20.1. The van der Waals surface area contributed by atoms with Gasteiger partial charge in [-0.1, -0.05) is 94.1 Å². The molecule has 2 N–H and O–H groups in total. The van der Waals surface area contributed by atoms with Crippen molar-refractivity contribution in [2.24, 2.45) is 0 Å². The van der Waals surface area contributed by atoms with Gasteiger partial charge in [0.25, 0.3) is 0 Å². The van der Waals surface area contributed by atoms with E-state index in [-0.39, 0.29) is 11.8 Å². The van der Waals surface area contributed by atoms with Crippen LogP contribution in [-0.2, 0) is 27.3 Å². The predicted molar refractivity (Wildman–Crippen MR) is 173 cm³/mol. The van der Waals surface area contributed by atoms with Crippen molar-refractivity contribution in [3.63, 3.8) is 0 Å². The highest BCUT2D eigenvalue weighted by Crippen LogP contribution is 2.25. The van der Waals surface area contributed by atoms with Crippen LogP contribution in [0.5, 0.6) is 0 Å². The van der Waals surface area contributed by atoms with Crippen LogP contribution in [0.3, 0.4) is 0 Å². The Bertz CT molecular complexity index is 1090. The molecule has 0 saturated carbocycles. The zero-order chi connectivity index (χ0) is 31.0. The van der Waals surface area contributed by atoms with Gasteiger partial charge in [0, 0.05) is 13.1 Å². The molecule has 0 radical (unpaired) electrons. The third kappa shape index (κ3) is 12.5. The van der Waals surface area contributed by atoms with E-state index in [2.05, 4.69) is 24.5 Å². The maximum atomic E-state index is 14.4. The monoisotopic (exact) mass is 597 g/mol. The number of unbranched alkanes of at least 4 members (excludes halogenated alkanes) is 4. The van der Waals surface area contributed by atoms with Crippen molar-refractivity contribution in [1.82, 2.24) is 15.5 Å². The second-order valence-electron chi connectivity index (χ2n) is 11.6. The largest absolute Gasteiger partial charge is 0.444 e. The summed E-state index contributed by atoms with van der Waals surface area (Å²) < 4.78 is 5.50. The van der Waals surface area contributed by atoms with Gasteiger partial charge in [-0.2, -0.15) is 11.8 Å². The number of aryl methyl sites for hydroxylation is 1. The first kappa shape index (κ1) is 35.2. The van der Waals surface area contributed by atoms with Gasteiger partial charge in [0.15, 0.2) is 0 Å². The van der Waals surface area contributed by atoms with E-state index in [9.17, 15) is 14.4 Å². The quantitative estimate of drug-likeness (QED) is 0.191. The fourth-order valence-corrected chi connectivity index (χ4v) is 5.16. The highest BCUT2D eigenvalue weighted by atomic mass is 32.2. The minimum Gasteiger partial charge on any atom is -0.444 e. The Kier molecular flexibility index (Phi) is 15.5. The molecule has 0 bridgehead atoms. The van der Waals surface area contributed by atoms with Crippen molar-refractivity contribution in [1.29, 1.82) is 0 Å². The van der Waals surface area contributed by atoms with Crippen LogP contribution in [0.15, 0.2) is 54.6 Å². The summed E-state index contributed by atoms with van der Waals surface area (Å²) in [5.41, 5.74) is 2.19. The lowest BCUT2D eigenvalue weighted by atomic mass is 9.99. The fraction of sp³-hybridized carbons (Fsp3) is 0.559. The molecule has 42 heavy (non-hydrogen) atoms. The molecular formula is C34H51N3O4S. The van der Waals surface area contributed by atoms with Gasteiger partial charge in [0.2, 0.25) is 11.8 Å². The van der Waals surface area contributed by atoms with Gasteiger partial charge in [0.1, 0.15) is 17.7 Å². The Labute approximate surface area is 257 Å². The minimum absolute atomic E-state index is 0.245. The summed E-state index contributed by atoms with van der Waals surface area (Å²) in [6.07, 6.45) is 7.68. The molecule has 0 saturated heterocycles. The average Bonchev–Trinajstić information content (AvgIpc) is 2.97. The smallest absolute Gasteiger partial charge is 0.408 e.